The first-order valence-corrected chi connectivity index (χ1v) is 9.25. The molecule has 0 atom stereocenters. The first-order chi connectivity index (χ1) is 14.6. The van der Waals surface area contributed by atoms with Gasteiger partial charge >= 0.3 is 6.09 Å². The van der Waals surface area contributed by atoms with Crippen molar-refractivity contribution in [1.29, 1.82) is 0 Å². The molecule has 0 saturated carbocycles. The molecular formula is C20H19F2N5O3. The number of anilines is 3. The van der Waals surface area contributed by atoms with Crippen LogP contribution >= 0.6 is 0 Å². The fourth-order valence-electron chi connectivity index (χ4n) is 3.00. The first-order valence-electron chi connectivity index (χ1n) is 9.25. The maximum absolute atomic E-state index is 13.1. The van der Waals surface area contributed by atoms with E-state index < -0.39 is 12.5 Å². The number of nitrogens with zero attached hydrogens (tertiary/aromatic N) is 4. The van der Waals surface area contributed by atoms with Crippen LogP contribution in [0.4, 0.5) is 30.9 Å². The van der Waals surface area contributed by atoms with E-state index in [0.29, 0.717) is 17.3 Å². The van der Waals surface area contributed by atoms with Crippen LogP contribution in [0.5, 0.6) is 5.75 Å². The number of ether oxygens (including phenoxy) is 1. The van der Waals surface area contributed by atoms with E-state index >= 15 is 0 Å². The summed E-state index contributed by atoms with van der Waals surface area (Å²) in [7, 11) is 0. The Morgan fingerprint density at radius 1 is 1.17 bits per heavy atom. The van der Waals surface area contributed by atoms with Gasteiger partial charge in [-0.25, -0.2) is 28.1 Å². The maximum atomic E-state index is 13.1. The number of hydrogen-bond acceptors (Lipinski definition) is 7. The summed E-state index contributed by atoms with van der Waals surface area (Å²) in [5.74, 6) is 1.23. The molecule has 3 heterocycles. The molecule has 8 nitrogen and oxygen atoms in total. The summed E-state index contributed by atoms with van der Waals surface area (Å²) >= 11 is 0. The van der Waals surface area contributed by atoms with Gasteiger partial charge < -0.3 is 9.57 Å². The number of carbonyl (C=O) groups excluding carboxylic acids is 1. The number of nitrogens with one attached hydrogen (secondary N) is 1. The zero-order valence-electron chi connectivity index (χ0n) is 16.0. The van der Waals surface area contributed by atoms with Crippen molar-refractivity contribution in [3.8, 4) is 5.75 Å². The van der Waals surface area contributed by atoms with Gasteiger partial charge in [-0.05, 0) is 37.3 Å². The predicted molar refractivity (Wildman–Crippen MR) is 107 cm³/mol. The highest BCUT2D eigenvalue weighted by Gasteiger charge is 2.31. The van der Waals surface area contributed by atoms with Crippen molar-refractivity contribution in [1.82, 2.24) is 9.55 Å². The van der Waals surface area contributed by atoms with E-state index in [1.807, 2.05) is 18.2 Å². The third-order valence-electron chi connectivity index (χ3n) is 4.30. The van der Waals surface area contributed by atoms with Gasteiger partial charge in [-0.2, -0.15) is 5.06 Å². The number of hydroxylamine groups is 1. The molecule has 1 N–H and O–H groups in total. The number of benzene rings is 1. The molecule has 0 unspecified atom stereocenters. The molecule has 4 rings (SSSR count). The lowest BCUT2D eigenvalue weighted by Gasteiger charge is -2.37. The number of hydrazine groups is 1. The molecule has 0 radical (unpaired) electrons. The highest BCUT2D eigenvalue weighted by atomic mass is 19.3. The van der Waals surface area contributed by atoms with Crippen molar-refractivity contribution in [2.75, 3.05) is 28.8 Å². The molecule has 1 aliphatic heterocycles. The Labute approximate surface area is 171 Å². The maximum Gasteiger partial charge on any atom is 0.419 e. The second kappa shape index (κ2) is 8.27. The molecule has 0 spiro atoms. The molecular weight excluding hydrogens is 396 g/mol. The minimum Gasteiger partial charge on any atom is -0.449 e. The lowest BCUT2D eigenvalue weighted by Crippen LogP contribution is -2.48. The summed E-state index contributed by atoms with van der Waals surface area (Å²) in [5, 5.41) is 3.02. The van der Waals surface area contributed by atoms with Gasteiger partial charge in [-0.15, -0.1) is 0 Å². The third kappa shape index (κ3) is 3.84. The highest BCUT2D eigenvalue weighted by Crippen LogP contribution is 2.34. The van der Waals surface area contributed by atoms with Crippen LogP contribution in [0.25, 0.3) is 0 Å². The molecule has 3 aromatic rings. The smallest absolute Gasteiger partial charge is 0.419 e. The van der Waals surface area contributed by atoms with Gasteiger partial charge in [0.25, 0.3) is 6.43 Å². The van der Waals surface area contributed by atoms with Crippen LogP contribution in [-0.2, 0) is 4.74 Å². The zero-order valence-corrected chi connectivity index (χ0v) is 16.0. The Balaban J connectivity index is 1.70. The summed E-state index contributed by atoms with van der Waals surface area (Å²) in [6.45, 7) is 1.99. The fourth-order valence-corrected chi connectivity index (χ4v) is 3.00. The lowest BCUT2D eigenvalue weighted by molar-refractivity contribution is 0.146. The standard InChI is InChI=1S/C20H19F2N5O3/c1-2-29-20(28)25-12-11-16-19(25)27(30-14-7-4-3-5-8-14)13-26(24-16)17-10-6-9-15(23-17)18(21)22/h3-12,18,24H,2,13H2,1H3. The quantitative estimate of drug-likeness (QED) is 0.661. The molecule has 0 aliphatic carbocycles. The monoisotopic (exact) mass is 415 g/mol. The fraction of sp³-hybridized carbons (Fsp3) is 0.200. The summed E-state index contributed by atoms with van der Waals surface area (Å²) in [6, 6.07) is 15.0. The van der Waals surface area contributed by atoms with E-state index in [1.165, 1.54) is 21.8 Å². The summed E-state index contributed by atoms with van der Waals surface area (Å²) in [4.78, 5) is 22.4. The normalized spacial score (nSPS) is 13.1. The van der Waals surface area contributed by atoms with Crippen LogP contribution in [0, 0.1) is 0 Å². The van der Waals surface area contributed by atoms with Crippen molar-refractivity contribution in [2.45, 2.75) is 13.3 Å². The topological polar surface area (TPSA) is 71.9 Å². The largest absolute Gasteiger partial charge is 0.449 e. The Morgan fingerprint density at radius 2 is 1.97 bits per heavy atom. The van der Waals surface area contributed by atoms with E-state index in [0.717, 1.165) is 0 Å². The second-order valence-electron chi connectivity index (χ2n) is 6.31. The third-order valence-corrected chi connectivity index (χ3v) is 4.30. The van der Waals surface area contributed by atoms with Gasteiger partial charge in [0.2, 0.25) is 0 Å². The molecule has 156 valence electrons. The summed E-state index contributed by atoms with van der Waals surface area (Å²) in [5.41, 5.74) is 3.28. The summed E-state index contributed by atoms with van der Waals surface area (Å²) < 4.78 is 32.6. The Morgan fingerprint density at radius 3 is 2.70 bits per heavy atom. The van der Waals surface area contributed by atoms with Crippen LogP contribution in [0.1, 0.15) is 19.0 Å². The molecule has 0 amide bonds. The molecule has 0 bridgehead atoms. The average molecular weight is 415 g/mol. The van der Waals surface area contributed by atoms with E-state index in [4.69, 9.17) is 9.57 Å². The van der Waals surface area contributed by atoms with Crippen LogP contribution < -0.4 is 20.3 Å². The minimum absolute atomic E-state index is 0.0605. The summed E-state index contributed by atoms with van der Waals surface area (Å²) in [6.07, 6.45) is -1.70. The van der Waals surface area contributed by atoms with Gasteiger partial charge in [0, 0.05) is 6.20 Å². The van der Waals surface area contributed by atoms with Crippen molar-refractivity contribution in [3.05, 3.63) is 66.5 Å². The number of pyridine rings is 1. The number of hydrogen-bond donors (Lipinski definition) is 1. The SMILES string of the molecule is CCOC(=O)n1ccc2c1N(Oc1ccccc1)CN(c1cccc(C(F)F)n1)N2. The molecule has 1 aliphatic rings. The molecule has 2 aromatic heterocycles. The number of fused-ring (bicyclic) bond motifs is 1. The second-order valence-corrected chi connectivity index (χ2v) is 6.31. The van der Waals surface area contributed by atoms with Crippen molar-refractivity contribution in [3.63, 3.8) is 0 Å². The molecule has 1 aromatic carbocycles. The van der Waals surface area contributed by atoms with Crippen LogP contribution in [0.2, 0.25) is 0 Å². The molecule has 0 saturated heterocycles. The molecule has 10 heteroatoms. The highest BCUT2D eigenvalue weighted by molar-refractivity contribution is 5.83. The van der Waals surface area contributed by atoms with Gasteiger partial charge in [0.15, 0.2) is 11.6 Å². The van der Waals surface area contributed by atoms with Gasteiger partial charge in [-0.1, -0.05) is 24.3 Å². The number of halogens is 2. The molecule has 0 fully saturated rings. The van der Waals surface area contributed by atoms with E-state index in [1.54, 1.807) is 42.4 Å². The van der Waals surface area contributed by atoms with Crippen molar-refractivity contribution < 1.29 is 23.1 Å². The number of rotatable bonds is 5. The number of aromatic nitrogens is 2. The van der Waals surface area contributed by atoms with E-state index in [9.17, 15) is 13.6 Å². The Hall–Kier alpha value is -3.82. The van der Waals surface area contributed by atoms with Gasteiger partial charge in [0.1, 0.15) is 23.9 Å². The Kier molecular flexibility index (Phi) is 5.38. The van der Waals surface area contributed by atoms with Crippen molar-refractivity contribution in [2.24, 2.45) is 0 Å². The number of alkyl halides is 2. The van der Waals surface area contributed by atoms with Crippen molar-refractivity contribution >= 4 is 23.4 Å². The van der Waals surface area contributed by atoms with Crippen LogP contribution in [0.3, 0.4) is 0 Å². The molecule has 30 heavy (non-hydrogen) atoms. The predicted octanol–water partition coefficient (Wildman–Crippen LogP) is 4.43. The van der Waals surface area contributed by atoms with E-state index in [-0.39, 0.29) is 24.8 Å². The van der Waals surface area contributed by atoms with E-state index in [2.05, 4.69) is 10.4 Å². The average Bonchev–Trinajstić information content (AvgIpc) is 3.19. The number of para-hydroxylation sites is 1. The van der Waals surface area contributed by atoms with Gasteiger partial charge in [0.05, 0.1) is 6.61 Å². The lowest BCUT2D eigenvalue weighted by atomic mass is 10.3. The minimum atomic E-state index is -2.69. The van der Waals surface area contributed by atoms with Gasteiger partial charge in [-0.3, -0.25) is 5.43 Å². The number of carbonyl (C=O) groups is 1. The zero-order chi connectivity index (χ0) is 21.1. The first kappa shape index (κ1) is 19.5. The Bertz CT molecular complexity index is 1030. The van der Waals surface area contributed by atoms with Crippen LogP contribution in [0.15, 0.2) is 60.8 Å². The van der Waals surface area contributed by atoms with Crippen LogP contribution in [-0.4, -0.2) is 28.9 Å².